The number of nitrogens with one attached hydrogen (secondary N) is 2. The van der Waals surface area contributed by atoms with Gasteiger partial charge < -0.3 is 19.9 Å². The van der Waals surface area contributed by atoms with Crippen LogP contribution >= 0.6 is 0 Å². The number of carbonyl (C=O) groups is 1. The summed E-state index contributed by atoms with van der Waals surface area (Å²) in [5, 5.41) is 3.54. The van der Waals surface area contributed by atoms with Gasteiger partial charge in [-0.25, -0.2) is 9.18 Å². The van der Waals surface area contributed by atoms with Crippen LogP contribution in [0.25, 0.3) is 10.9 Å². The van der Waals surface area contributed by atoms with E-state index in [2.05, 4.69) is 10.3 Å². The fourth-order valence-corrected chi connectivity index (χ4v) is 3.94. The predicted octanol–water partition coefficient (Wildman–Crippen LogP) is 5.53. The number of urea groups is 1. The van der Waals surface area contributed by atoms with Gasteiger partial charge in [0, 0.05) is 16.5 Å². The number of para-hydroxylation sites is 2. The summed E-state index contributed by atoms with van der Waals surface area (Å²) in [6.45, 7) is 4.10. The van der Waals surface area contributed by atoms with Gasteiger partial charge in [0.1, 0.15) is 11.6 Å². The number of amides is 2. The third-order valence-corrected chi connectivity index (χ3v) is 5.84. The average Bonchev–Trinajstić information content (AvgIpc) is 2.83. The number of aromatic amines is 1. The van der Waals surface area contributed by atoms with Gasteiger partial charge in [0.25, 0.3) is 5.56 Å². The normalized spacial score (nSPS) is 10.8. The number of benzene rings is 3. The molecule has 0 aliphatic carbocycles. The van der Waals surface area contributed by atoms with Gasteiger partial charge in [-0.05, 0) is 49.2 Å². The highest BCUT2D eigenvalue weighted by Crippen LogP contribution is 2.23. The van der Waals surface area contributed by atoms with E-state index in [1.165, 1.54) is 17.0 Å². The number of ether oxygens (including phenoxy) is 1. The Bertz CT molecular complexity index is 1410. The molecule has 1 aromatic heterocycles. The van der Waals surface area contributed by atoms with Crippen molar-refractivity contribution in [3.63, 3.8) is 0 Å². The van der Waals surface area contributed by atoms with Gasteiger partial charge in [0.2, 0.25) is 0 Å². The van der Waals surface area contributed by atoms with Gasteiger partial charge in [-0.1, -0.05) is 42.5 Å². The van der Waals surface area contributed by atoms with E-state index in [1.807, 2.05) is 50.2 Å². The van der Waals surface area contributed by atoms with Crippen molar-refractivity contribution in [3.8, 4) is 5.75 Å². The molecule has 1 heterocycles. The van der Waals surface area contributed by atoms with Crippen LogP contribution in [0.3, 0.4) is 0 Å². The molecular weight excluding hydrogens is 433 g/mol. The second kappa shape index (κ2) is 9.79. The van der Waals surface area contributed by atoms with E-state index < -0.39 is 11.8 Å². The fourth-order valence-electron chi connectivity index (χ4n) is 3.94. The first-order valence-corrected chi connectivity index (χ1v) is 10.9. The lowest BCUT2D eigenvalue weighted by Crippen LogP contribution is -2.36. The molecule has 0 saturated carbocycles. The molecule has 0 fully saturated rings. The Morgan fingerprint density at radius 1 is 0.971 bits per heavy atom. The summed E-state index contributed by atoms with van der Waals surface area (Å²) in [4.78, 5) is 30.6. The third kappa shape index (κ3) is 4.78. The molecule has 0 saturated heterocycles. The average molecular weight is 460 g/mol. The van der Waals surface area contributed by atoms with Crippen molar-refractivity contribution in [1.82, 2.24) is 9.88 Å². The number of hydrogen-bond donors (Lipinski definition) is 2. The van der Waals surface area contributed by atoms with Crippen molar-refractivity contribution >= 4 is 22.6 Å². The van der Waals surface area contributed by atoms with E-state index in [1.54, 1.807) is 25.3 Å². The van der Waals surface area contributed by atoms with Crippen LogP contribution in [0.2, 0.25) is 0 Å². The van der Waals surface area contributed by atoms with Crippen molar-refractivity contribution in [2.45, 2.75) is 26.9 Å². The number of halogens is 1. The van der Waals surface area contributed by atoms with E-state index in [0.29, 0.717) is 11.3 Å². The molecule has 0 aliphatic heterocycles. The molecule has 2 amide bonds. The summed E-state index contributed by atoms with van der Waals surface area (Å²) in [7, 11) is 1.56. The molecule has 2 N–H and O–H groups in total. The van der Waals surface area contributed by atoms with Gasteiger partial charge in [-0.3, -0.25) is 4.79 Å². The van der Waals surface area contributed by atoms with Crippen molar-refractivity contribution in [3.05, 3.63) is 105 Å². The van der Waals surface area contributed by atoms with Crippen LogP contribution in [-0.4, -0.2) is 23.0 Å². The molecule has 0 aliphatic rings. The number of nitrogens with zero attached hydrogens (tertiary/aromatic N) is 1. The second-order valence-electron chi connectivity index (χ2n) is 8.19. The van der Waals surface area contributed by atoms with Gasteiger partial charge in [-0.15, -0.1) is 0 Å². The van der Waals surface area contributed by atoms with Crippen molar-refractivity contribution < 1.29 is 13.9 Å². The number of pyridine rings is 1. The lowest BCUT2D eigenvalue weighted by Gasteiger charge is -2.24. The third-order valence-electron chi connectivity index (χ3n) is 5.84. The summed E-state index contributed by atoms with van der Waals surface area (Å²) >= 11 is 0. The molecule has 174 valence electrons. The van der Waals surface area contributed by atoms with Gasteiger partial charge in [-0.2, -0.15) is 0 Å². The Labute approximate surface area is 197 Å². The molecule has 0 bridgehead atoms. The summed E-state index contributed by atoms with van der Waals surface area (Å²) in [5.41, 5.74) is 3.75. The summed E-state index contributed by atoms with van der Waals surface area (Å²) in [5.74, 6) is 0.0767. The molecule has 6 nitrogen and oxygen atoms in total. The van der Waals surface area contributed by atoms with Crippen LogP contribution in [0.1, 0.15) is 22.3 Å². The highest BCUT2D eigenvalue weighted by atomic mass is 19.1. The lowest BCUT2D eigenvalue weighted by molar-refractivity contribution is 0.205. The van der Waals surface area contributed by atoms with E-state index in [4.69, 9.17) is 4.74 Å². The van der Waals surface area contributed by atoms with Crippen LogP contribution in [0.4, 0.5) is 14.9 Å². The maximum atomic E-state index is 14.2. The van der Waals surface area contributed by atoms with Gasteiger partial charge in [0.05, 0.1) is 31.4 Å². The number of H-pyrrole nitrogens is 1. The predicted molar refractivity (Wildman–Crippen MR) is 132 cm³/mol. The topological polar surface area (TPSA) is 74.4 Å². The standard InChI is InChI=1S/C27H26FN3O3/c1-17-12-13-18(2)25-21(17)14-20(26(32)30-25)16-31(15-19-8-4-7-11-24(19)34-3)27(33)29-23-10-6-5-9-22(23)28/h4-14H,15-16H2,1-3H3,(H,29,33)(H,30,32). The smallest absolute Gasteiger partial charge is 0.322 e. The zero-order chi connectivity index (χ0) is 24.2. The second-order valence-corrected chi connectivity index (χ2v) is 8.19. The molecule has 3 aromatic carbocycles. The molecule has 0 radical (unpaired) electrons. The van der Waals surface area contributed by atoms with Crippen LogP contribution in [0, 0.1) is 19.7 Å². The minimum absolute atomic E-state index is 0.0248. The Kier molecular flexibility index (Phi) is 6.63. The highest BCUT2D eigenvalue weighted by molar-refractivity contribution is 5.90. The van der Waals surface area contributed by atoms with Crippen molar-refractivity contribution in [2.24, 2.45) is 0 Å². The van der Waals surface area contributed by atoms with E-state index >= 15 is 0 Å². The SMILES string of the molecule is COc1ccccc1CN(Cc1cc2c(C)ccc(C)c2[nH]c1=O)C(=O)Nc1ccccc1F. The van der Waals surface area contributed by atoms with Gasteiger partial charge >= 0.3 is 6.03 Å². The fraction of sp³-hybridized carbons (Fsp3) is 0.185. The molecular formula is C27H26FN3O3. The number of aromatic nitrogens is 1. The molecule has 0 unspecified atom stereocenters. The summed E-state index contributed by atoms with van der Waals surface area (Å²) in [6.07, 6.45) is 0. The van der Waals surface area contributed by atoms with Crippen LogP contribution < -0.4 is 15.6 Å². The van der Waals surface area contributed by atoms with E-state index in [9.17, 15) is 14.0 Å². The maximum absolute atomic E-state index is 14.2. The molecule has 4 rings (SSSR count). The Morgan fingerprint density at radius 2 is 1.65 bits per heavy atom. The molecule has 4 aromatic rings. The Balaban J connectivity index is 1.72. The number of anilines is 1. The Morgan fingerprint density at radius 3 is 2.41 bits per heavy atom. The number of carbonyl (C=O) groups excluding carboxylic acids is 1. The highest BCUT2D eigenvalue weighted by Gasteiger charge is 2.20. The maximum Gasteiger partial charge on any atom is 0.322 e. The molecule has 7 heteroatoms. The zero-order valence-corrected chi connectivity index (χ0v) is 19.3. The molecule has 0 atom stereocenters. The van der Waals surface area contributed by atoms with Crippen molar-refractivity contribution in [2.75, 3.05) is 12.4 Å². The van der Waals surface area contributed by atoms with Crippen LogP contribution in [-0.2, 0) is 13.1 Å². The lowest BCUT2D eigenvalue weighted by atomic mass is 10.0. The van der Waals surface area contributed by atoms with E-state index in [0.717, 1.165) is 27.6 Å². The minimum atomic E-state index is -0.539. The minimum Gasteiger partial charge on any atom is -0.496 e. The van der Waals surface area contributed by atoms with Crippen LogP contribution in [0.5, 0.6) is 5.75 Å². The largest absolute Gasteiger partial charge is 0.496 e. The summed E-state index contributed by atoms with van der Waals surface area (Å²) in [6, 6.07) is 18.5. The monoisotopic (exact) mass is 459 g/mol. The Hall–Kier alpha value is -4.13. The summed E-state index contributed by atoms with van der Waals surface area (Å²) < 4.78 is 19.6. The van der Waals surface area contributed by atoms with E-state index in [-0.39, 0.29) is 24.3 Å². The van der Waals surface area contributed by atoms with Crippen molar-refractivity contribution in [1.29, 1.82) is 0 Å². The molecule has 34 heavy (non-hydrogen) atoms. The first-order chi connectivity index (χ1) is 16.4. The van der Waals surface area contributed by atoms with Crippen LogP contribution in [0.15, 0.2) is 71.5 Å². The quantitative estimate of drug-likeness (QED) is 0.398. The number of rotatable bonds is 6. The zero-order valence-electron chi connectivity index (χ0n) is 19.3. The number of hydrogen-bond acceptors (Lipinski definition) is 3. The number of methoxy groups -OCH3 is 1. The first kappa shape index (κ1) is 23.0. The number of aryl methyl sites for hydroxylation is 2. The first-order valence-electron chi connectivity index (χ1n) is 10.9. The number of fused-ring (bicyclic) bond motifs is 1. The molecule has 0 spiro atoms. The van der Waals surface area contributed by atoms with Gasteiger partial charge in [0.15, 0.2) is 0 Å².